The molecule has 0 unspecified atom stereocenters. The van der Waals surface area contributed by atoms with Gasteiger partial charge in [0.1, 0.15) is 18.7 Å². The molecule has 0 atom stereocenters. The molecule has 0 amide bonds. The van der Waals surface area contributed by atoms with Crippen LogP contribution in [-0.2, 0) is 16.2 Å². The number of rotatable bonds is 8. The summed E-state index contributed by atoms with van der Waals surface area (Å²) in [6.45, 7) is 0.0735. The Morgan fingerprint density at radius 2 is 1.86 bits per heavy atom. The van der Waals surface area contributed by atoms with Crippen LogP contribution in [0, 0.1) is 0 Å². The minimum atomic E-state index is -1.20. The fourth-order valence-electron chi connectivity index (χ4n) is 2.51. The minimum absolute atomic E-state index is 0.0735. The van der Waals surface area contributed by atoms with Gasteiger partial charge in [-0.05, 0) is 23.8 Å². The zero-order chi connectivity index (χ0) is 20.6. The SMILES string of the molecule is CON=C(C(=O)O)c1ccccc1COc1ncc(Sc2ccccc2)cc1Cl. The molecule has 6 nitrogen and oxygen atoms in total. The van der Waals surface area contributed by atoms with Crippen LogP contribution in [0.3, 0.4) is 0 Å². The average molecular weight is 429 g/mol. The second-order valence-electron chi connectivity index (χ2n) is 5.75. The topological polar surface area (TPSA) is 81.0 Å². The highest BCUT2D eigenvalue weighted by atomic mass is 35.5. The minimum Gasteiger partial charge on any atom is -0.476 e. The summed E-state index contributed by atoms with van der Waals surface area (Å²) in [5.74, 6) is -0.933. The molecule has 0 aliphatic rings. The number of aliphatic carboxylic acids is 1. The molecule has 0 aliphatic heterocycles. The Morgan fingerprint density at radius 1 is 1.14 bits per heavy atom. The number of carboxylic acids is 1. The normalized spacial score (nSPS) is 11.2. The molecule has 0 fully saturated rings. The molecule has 0 aliphatic carbocycles. The zero-order valence-electron chi connectivity index (χ0n) is 15.4. The third-order valence-electron chi connectivity index (χ3n) is 3.78. The number of aromatic nitrogens is 1. The van der Waals surface area contributed by atoms with E-state index in [1.807, 2.05) is 30.3 Å². The van der Waals surface area contributed by atoms with E-state index in [0.29, 0.717) is 16.1 Å². The lowest BCUT2D eigenvalue weighted by Crippen LogP contribution is -2.17. The van der Waals surface area contributed by atoms with E-state index >= 15 is 0 Å². The third-order valence-corrected chi connectivity index (χ3v) is 5.02. The summed E-state index contributed by atoms with van der Waals surface area (Å²) < 4.78 is 5.74. The molecule has 3 aromatic rings. The number of hydrogen-bond acceptors (Lipinski definition) is 6. The van der Waals surface area contributed by atoms with Crippen molar-refractivity contribution in [3.8, 4) is 5.88 Å². The van der Waals surface area contributed by atoms with E-state index in [1.54, 1.807) is 48.3 Å². The first kappa shape index (κ1) is 20.7. The fourth-order valence-corrected chi connectivity index (χ4v) is 3.65. The van der Waals surface area contributed by atoms with Gasteiger partial charge in [-0.3, -0.25) is 0 Å². The van der Waals surface area contributed by atoms with Gasteiger partial charge in [0.25, 0.3) is 0 Å². The number of hydrogen-bond donors (Lipinski definition) is 1. The molecule has 0 saturated heterocycles. The molecule has 0 saturated carbocycles. The predicted molar refractivity (Wildman–Crippen MR) is 112 cm³/mol. The van der Waals surface area contributed by atoms with Crippen LogP contribution in [0.4, 0.5) is 0 Å². The summed E-state index contributed by atoms with van der Waals surface area (Å²) in [6, 6.07) is 18.5. The number of halogens is 1. The Morgan fingerprint density at radius 3 is 2.55 bits per heavy atom. The van der Waals surface area contributed by atoms with Crippen LogP contribution in [0.2, 0.25) is 5.02 Å². The molecular formula is C21H17ClN2O4S. The van der Waals surface area contributed by atoms with Crippen LogP contribution in [0.25, 0.3) is 0 Å². The highest BCUT2D eigenvalue weighted by Crippen LogP contribution is 2.32. The number of benzene rings is 2. The van der Waals surface area contributed by atoms with Crippen molar-refractivity contribution in [2.75, 3.05) is 7.11 Å². The number of nitrogens with zero attached hydrogens (tertiary/aromatic N) is 2. The van der Waals surface area contributed by atoms with E-state index in [-0.39, 0.29) is 18.2 Å². The monoisotopic (exact) mass is 428 g/mol. The van der Waals surface area contributed by atoms with E-state index in [9.17, 15) is 9.90 Å². The summed E-state index contributed by atoms with van der Waals surface area (Å²) >= 11 is 7.87. The van der Waals surface area contributed by atoms with Gasteiger partial charge in [-0.25, -0.2) is 9.78 Å². The van der Waals surface area contributed by atoms with Crippen molar-refractivity contribution in [2.24, 2.45) is 5.16 Å². The van der Waals surface area contributed by atoms with Crippen LogP contribution < -0.4 is 4.74 Å². The van der Waals surface area contributed by atoms with Crippen molar-refractivity contribution in [1.29, 1.82) is 0 Å². The number of pyridine rings is 1. The lowest BCUT2D eigenvalue weighted by molar-refractivity contribution is -0.129. The second kappa shape index (κ2) is 9.95. The molecule has 1 N–H and O–H groups in total. The van der Waals surface area contributed by atoms with Gasteiger partial charge < -0.3 is 14.7 Å². The molecule has 0 radical (unpaired) electrons. The maximum atomic E-state index is 11.5. The first-order valence-electron chi connectivity index (χ1n) is 8.52. The Balaban J connectivity index is 1.75. The average Bonchev–Trinajstić information content (AvgIpc) is 2.72. The maximum Gasteiger partial charge on any atom is 0.358 e. The predicted octanol–water partition coefficient (Wildman–Crippen LogP) is 4.90. The van der Waals surface area contributed by atoms with Crippen molar-refractivity contribution in [1.82, 2.24) is 4.98 Å². The van der Waals surface area contributed by atoms with Crippen molar-refractivity contribution in [3.05, 3.63) is 83.0 Å². The summed E-state index contributed by atoms with van der Waals surface area (Å²) in [6.07, 6.45) is 1.68. The Bertz CT molecular complexity index is 1030. The maximum absolute atomic E-state index is 11.5. The lowest BCUT2D eigenvalue weighted by atomic mass is 10.0. The van der Waals surface area contributed by atoms with Gasteiger partial charge in [0.15, 0.2) is 5.71 Å². The lowest BCUT2D eigenvalue weighted by Gasteiger charge is -2.11. The second-order valence-corrected chi connectivity index (χ2v) is 7.30. The first-order chi connectivity index (χ1) is 14.1. The molecule has 0 spiro atoms. The molecule has 0 bridgehead atoms. The summed E-state index contributed by atoms with van der Waals surface area (Å²) in [5.41, 5.74) is 0.806. The van der Waals surface area contributed by atoms with Gasteiger partial charge in [0.2, 0.25) is 5.88 Å². The van der Waals surface area contributed by atoms with Gasteiger partial charge in [0.05, 0.1) is 0 Å². The van der Waals surface area contributed by atoms with Crippen LogP contribution in [-0.4, -0.2) is 28.9 Å². The quantitative estimate of drug-likeness (QED) is 0.406. The van der Waals surface area contributed by atoms with Gasteiger partial charge in [-0.2, -0.15) is 0 Å². The Hall–Kier alpha value is -3.03. The van der Waals surface area contributed by atoms with Gasteiger partial charge in [-0.15, -0.1) is 0 Å². The largest absolute Gasteiger partial charge is 0.476 e. The summed E-state index contributed by atoms with van der Waals surface area (Å²) in [7, 11) is 1.29. The number of carboxylic acid groups (broad SMARTS) is 1. The number of ether oxygens (including phenoxy) is 1. The highest BCUT2D eigenvalue weighted by Gasteiger charge is 2.18. The molecular weight excluding hydrogens is 412 g/mol. The van der Waals surface area contributed by atoms with Crippen molar-refractivity contribution < 1.29 is 19.5 Å². The van der Waals surface area contributed by atoms with E-state index < -0.39 is 5.97 Å². The molecule has 148 valence electrons. The fraction of sp³-hybridized carbons (Fsp3) is 0.0952. The standard InChI is InChI=1S/C21H17ClN2O4S/c1-27-24-19(21(25)26)17-10-6-5-7-14(17)13-28-20-18(22)11-16(12-23-20)29-15-8-3-2-4-9-15/h2-12H,13H2,1H3,(H,25,26). The van der Waals surface area contributed by atoms with E-state index in [1.165, 1.54) is 7.11 Å². The van der Waals surface area contributed by atoms with Gasteiger partial charge >= 0.3 is 5.97 Å². The highest BCUT2D eigenvalue weighted by molar-refractivity contribution is 7.99. The van der Waals surface area contributed by atoms with Crippen molar-refractivity contribution in [2.45, 2.75) is 16.4 Å². The third kappa shape index (κ3) is 5.49. The van der Waals surface area contributed by atoms with E-state index in [0.717, 1.165) is 9.79 Å². The zero-order valence-corrected chi connectivity index (χ0v) is 17.0. The Labute approximate surface area is 177 Å². The van der Waals surface area contributed by atoms with Crippen LogP contribution in [0.5, 0.6) is 5.88 Å². The van der Waals surface area contributed by atoms with Gasteiger partial charge in [0, 0.05) is 21.6 Å². The summed E-state index contributed by atoms with van der Waals surface area (Å²) in [5, 5.41) is 13.3. The van der Waals surface area contributed by atoms with E-state index in [4.69, 9.17) is 16.3 Å². The molecule has 2 aromatic carbocycles. The van der Waals surface area contributed by atoms with Crippen LogP contribution in [0.1, 0.15) is 11.1 Å². The molecule has 1 aromatic heterocycles. The van der Waals surface area contributed by atoms with Crippen LogP contribution in [0.15, 0.2) is 81.8 Å². The van der Waals surface area contributed by atoms with E-state index in [2.05, 4.69) is 15.0 Å². The van der Waals surface area contributed by atoms with Gasteiger partial charge in [-0.1, -0.05) is 71.0 Å². The Kier molecular flexibility index (Phi) is 7.10. The summed E-state index contributed by atoms with van der Waals surface area (Å²) in [4.78, 5) is 22.4. The molecule has 29 heavy (non-hydrogen) atoms. The van der Waals surface area contributed by atoms with Crippen molar-refractivity contribution >= 4 is 35.0 Å². The number of oxime groups is 1. The molecule has 8 heteroatoms. The first-order valence-corrected chi connectivity index (χ1v) is 9.72. The van der Waals surface area contributed by atoms with Crippen LogP contribution >= 0.6 is 23.4 Å². The number of carbonyl (C=O) groups is 1. The molecule has 1 heterocycles. The molecule has 3 rings (SSSR count). The van der Waals surface area contributed by atoms with Crippen molar-refractivity contribution in [3.63, 3.8) is 0 Å². The smallest absolute Gasteiger partial charge is 0.358 e.